The van der Waals surface area contributed by atoms with Crippen molar-refractivity contribution in [1.29, 1.82) is 0 Å². The molecule has 0 rings (SSSR count). The molecule has 15 heavy (non-hydrogen) atoms. The highest BCUT2D eigenvalue weighted by molar-refractivity contribution is 5.86. The van der Waals surface area contributed by atoms with E-state index >= 15 is 0 Å². The number of carbonyl (C=O) groups excluding carboxylic acids is 1. The van der Waals surface area contributed by atoms with Crippen molar-refractivity contribution < 1.29 is 9.90 Å². The van der Waals surface area contributed by atoms with Crippen molar-refractivity contribution in [3.63, 3.8) is 0 Å². The number of aliphatic hydroxyl groups excluding tert-OH is 1. The summed E-state index contributed by atoms with van der Waals surface area (Å²) in [7, 11) is 0. The molecule has 90 valence electrons. The summed E-state index contributed by atoms with van der Waals surface area (Å²) in [5, 5.41) is 12.0. The molecule has 0 aliphatic heterocycles. The minimum Gasteiger partial charge on any atom is -0.394 e. The molecule has 0 aliphatic rings. The van der Waals surface area contributed by atoms with Gasteiger partial charge < -0.3 is 16.2 Å². The van der Waals surface area contributed by atoms with E-state index in [-0.39, 0.29) is 12.5 Å². The Hall–Kier alpha value is -0.610. The maximum absolute atomic E-state index is 11.9. The van der Waals surface area contributed by atoms with Crippen LogP contribution in [0.15, 0.2) is 0 Å². The van der Waals surface area contributed by atoms with E-state index < -0.39 is 11.1 Å². The van der Waals surface area contributed by atoms with Crippen LogP contribution in [0.3, 0.4) is 0 Å². The maximum Gasteiger partial charge on any atom is 0.240 e. The largest absolute Gasteiger partial charge is 0.394 e. The lowest BCUT2D eigenvalue weighted by molar-refractivity contribution is -0.129. The smallest absolute Gasteiger partial charge is 0.240 e. The minimum atomic E-state index is -0.814. The van der Waals surface area contributed by atoms with Gasteiger partial charge in [-0.05, 0) is 26.2 Å². The summed E-state index contributed by atoms with van der Waals surface area (Å²) in [6, 6.07) is 0. The lowest BCUT2D eigenvalue weighted by Crippen LogP contribution is -2.60. The Morgan fingerprint density at radius 2 is 1.73 bits per heavy atom. The van der Waals surface area contributed by atoms with Crippen LogP contribution in [-0.4, -0.2) is 28.7 Å². The van der Waals surface area contributed by atoms with E-state index in [1.54, 1.807) is 0 Å². The molecular weight excluding hydrogens is 192 g/mol. The molecule has 0 saturated heterocycles. The summed E-state index contributed by atoms with van der Waals surface area (Å²) in [6.07, 6.45) is 1.87. The highest BCUT2D eigenvalue weighted by Gasteiger charge is 2.34. The highest BCUT2D eigenvalue weighted by atomic mass is 16.3. The van der Waals surface area contributed by atoms with Crippen LogP contribution >= 0.6 is 0 Å². The second kappa shape index (κ2) is 5.47. The number of hydrogen-bond donors (Lipinski definition) is 3. The molecule has 0 saturated carbocycles. The van der Waals surface area contributed by atoms with Crippen LogP contribution in [0.25, 0.3) is 0 Å². The van der Waals surface area contributed by atoms with Gasteiger partial charge in [0.05, 0.1) is 17.7 Å². The number of nitrogens with two attached hydrogens (primary N) is 1. The zero-order chi connectivity index (χ0) is 12.1. The van der Waals surface area contributed by atoms with Gasteiger partial charge in [0, 0.05) is 0 Å². The molecule has 0 aromatic heterocycles. The van der Waals surface area contributed by atoms with Crippen LogP contribution in [0.1, 0.15) is 47.0 Å². The Balaban J connectivity index is 4.60. The molecule has 0 radical (unpaired) electrons. The molecule has 1 unspecified atom stereocenters. The molecule has 0 spiro atoms. The summed E-state index contributed by atoms with van der Waals surface area (Å²) in [6.45, 7) is 7.46. The monoisotopic (exact) mass is 216 g/mol. The second-order valence-corrected chi connectivity index (χ2v) is 4.39. The first-order valence-electron chi connectivity index (χ1n) is 5.59. The Bertz CT molecular complexity index is 209. The standard InChI is InChI=1S/C11H24N2O2/c1-5-10(4,8-14)13-9(15)11(12,6-2)7-3/h14H,5-8,12H2,1-4H3,(H,13,15). The van der Waals surface area contributed by atoms with Crippen molar-refractivity contribution in [2.75, 3.05) is 6.61 Å². The van der Waals surface area contributed by atoms with Gasteiger partial charge in [-0.3, -0.25) is 4.79 Å². The lowest BCUT2D eigenvalue weighted by atomic mass is 9.90. The fraction of sp³-hybridized carbons (Fsp3) is 0.909. The van der Waals surface area contributed by atoms with Crippen LogP contribution < -0.4 is 11.1 Å². The van der Waals surface area contributed by atoms with E-state index in [1.807, 2.05) is 27.7 Å². The van der Waals surface area contributed by atoms with E-state index in [0.29, 0.717) is 19.3 Å². The zero-order valence-electron chi connectivity index (χ0n) is 10.3. The number of rotatable bonds is 6. The first-order chi connectivity index (χ1) is 6.87. The van der Waals surface area contributed by atoms with E-state index in [1.165, 1.54) is 0 Å². The van der Waals surface area contributed by atoms with Crippen molar-refractivity contribution >= 4 is 5.91 Å². The molecule has 4 N–H and O–H groups in total. The molecule has 4 nitrogen and oxygen atoms in total. The normalized spacial score (nSPS) is 15.9. The van der Waals surface area contributed by atoms with Crippen molar-refractivity contribution in [1.82, 2.24) is 5.32 Å². The number of nitrogens with one attached hydrogen (secondary N) is 1. The van der Waals surface area contributed by atoms with Gasteiger partial charge in [0.1, 0.15) is 0 Å². The van der Waals surface area contributed by atoms with Crippen LogP contribution in [0.4, 0.5) is 0 Å². The van der Waals surface area contributed by atoms with Gasteiger partial charge in [-0.1, -0.05) is 20.8 Å². The average Bonchev–Trinajstić information content (AvgIpc) is 2.27. The minimum absolute atomic E-state index is 0.0707. The highest BCUT2D eigenvalue weighted by Crippen LogP contribution is 2.15. The van der Waals surface area contributed by atoms with Crippen LogP contribution in [0.2, 0.25) is 0 Å². The average molecular weight is 216 g/mol. The van der Waals surface area contributed by atoms with Crippen molar-refractivity contribution in [2.24, 2.45) is 5.73 Å². The maximum atomic E-state index is 11.9. The van der Waals surface area contributed by atoms with Gasteiger partial charge in [-0.15, -0.1) is 0 Å². The van der Waals surface area contributed by atoms with Crippen LogP contribution in [-0.2, 0) is 4.79 Å². The van der Waals surface area contributed by atoms with Gasteiger partial charge in [-0.25, -0.2) is 0 Å². The quantitative estimate of drug-likeness (QED) is 0.614. The zero-order valence-corrected chi connectivity index (χ0v) is 10.3. The van der Waals surface area contributed by atoms with Gasteiger partial charge in [-0.2, -0.15) is 0 Å². The summed E-state index contributed by atoms with van der Waals surface area (Å²) in [4.78, 5) is 11.9. The van der Waals surface area contributed by atoms with Gasteiger partial charge in [0.15, 0.2) is 0 Å². The van der Waals surface area contributed by atoms with Crippen molar-refractivity contribution in [3.05, 3.63) is 0 Å². The Morgan fingerprint density at radius 1 is 1.27 bits per heavy atom. The molecule has 0 fully saturated rings. The molecule has 1 amide bonds. The molecule has 0 aromatic rings. The van der Waals surface area contributed by atoms with Crippen LogP contribution in [0, 0.1) is 0 Å². The summed E-state index contributed by atoms with van der Waals surface area (Å²) < 4.78 is 0. The second-order valence-electron chi connectivity index (χ2n) is 4.39. The van der Waals surface area contributed by atoms with Gasteiger partial charge >= 0.3 is 0 Å². The third-order valence-electron chi connectivity index (χ3n) is 3.26. The third-order valence-corrected chi connectivity index (χ3v) is 3.26. The third kappa shape index (κ3) is 3.47. The Morgan fingerprint density at radius 3 is 2.00 bits per heavy atom. The first-order valence-corrected chi connectivity index (χ1v) is 5.59. The number of hydrogen-bond acceptors (Lipinski definition) is 3. The lowest BCUT2D eigenvalue weighted by Gasteiger charge is -2.33. The molecule has 0 heterocycles. The summed E-state index contributed by atoms with van der Waals surface area (Å²) >= 11 is 0. The van der Waals surface area contributed by atoms with Crippen molar-refractivity contribution in [3.8, 4) is 0 Å². The van der Waals surface area contributed by atoms with E-state index in [4.69, 9.17) is 5.73 Å². The summed E-state index contributed by atoms with van der Waals surface area (Å²) in [5.41, 5.74) is 4.59. The van der Waals surface area contributed by atoms with E-state index in [9.17, 15) is 9.90 Å². The SMILES string of the molecule is CCC(C)(CO)NC(=O)C(N)(CC)CC. The predicted molar refractivity (Wildman–Crippen MR) is 61.4 cm³/mol. The predicted octanol–water partition coefficient (Wildman–Crippen LogP) is 0.781. The fourth-order valence-corrected chi connectivity index (χ4v) is 1.21. The van der Waals surface area contributed by atoms with Crippen molar-refractivity contribution in [2.45, 2.75) is 58.0 Å². The molecule has 0 bridgehead atoms. The fourth-order valence-electron chi connectivity index (χ4n) is 1.21. The van der Waals surface area contributed by atoms with Gasteiger partial charge in [0.2, 0.25) is 5.91 Å². The van der Waals surface area contributed by atoms with E-state index in [0.717, 1.165) is 0 Å². The molecule has 0 aromatic carbocycles. The summed E-state index contributed by atoms with van der Waals surface area (Å²) in [5.74, 6) is -0.175. The number of aliphatic hydroxyl groups is 1. The first kappa shape index (κ1) is 14.4. The Labute approximate surface area is 92.2 Å². The number of amides is 1. The topological polar surface area (TPSA) is 75.3 Å². The van der Waals surface area contributed by atoms with Gasteiger partial charge in [0.25, 0.3) is 0 Å². The molecule has 4 heteroatoms. The molecule has 1 atom stereocenters. The molecular formula is C11H24N2O2. The Kier molecular flexibility index (Phi) is 5.24. The van der Waals surface area contributed by atoms with Crippen LogP contribution in [0.5, 0.6) is 0 Å². The molecule has 0 aliphatic carbocycles. The van der Waals surface area contributed by atoms with E-state index in [2.05, 4.69) is 5.32 Å². The number of carbonyl (C=O) groups is 1.